The highest BCUT2D eigenvalue weighted by atomic mass is 127. The molecule has 0 saturated heterocycles. The first-order valence-corrected chi connectivity index (χ1v) is 10.6. The summed E-state index contributed by atoms with van der Waals surface area (Å²) in [6.07, 6.45) is 1.42. The Morgan fingerprint density at radius 2 is 1.90 bits per heavy atom. The zero-order valence-corrected chi connectivity index (χ0v) is 20.0. The Morgan fingerprint density at radius 1 is 1.20 bits per heavy atom. The van der Waals surface area contributed by atoms with Crippen molar-refractivity contribution in [2.45, 2.75) is 19.9 Å². The van der Waals surface area contributed by atoms with Crippen molar-refractivity contribution in [1.82, 2.24) is 10.7 Å². The third-order valence-electron chi connectivity index (χ3n) is 4.08. The van der Waals surface area contributed by atoms with Crippen molar-refractivity contribution < 1.29 is 19.4 Å². The van der Waals surface area contributed by atoms with Crippen molar-refractivity contribution in [2.24, 2.45) is 11.0 Å². The van der Waals surface area contributed by atoms with Crippen LogP contribution < -0.4 is 15.5 Å². The normalized spacial score (nSPS) is 12.1. The lowest BCUT2D eigenvalue weighted by atomic mass is 10.0. The molecule has 2 aromatic carbocycles. The summed E-state index contributed by atoms with van der Waals surface area (Å²) in [5.74, 6) is -0.797. The summed E-state index contributed by atoms with van der Waals surface area (Å²) < 4.78 is 5.67. The number of ether oxygens (including phenoxy) is 1. The maximum atomic E-state index is 12.6. The lowest BCUT2D eigenvalue weighted by Gasteiger charge is -2.20. The lowest BCUT2D eigenvalue weighted by molar-refractivity contribution is -0.123. The van der Waals surface area contributed by atoms with E-state index in [1.54, 1.807) is 26.0 Å². The van der Waals surface area contributed by atoms with E-state index in [9.17, 15) is 14.7 Å². The second kappa shape index (κ2) is 10.8. The molecule has 2 rings (SSSR count). The number of nitrogens with one attached hydrogen (secondary N) is 2. The highest BCUT2D eigenvalue weighted by Gasteiger charge is 2.24. The zero-order chi connectivity index (χ0) is 22.4. The Labute approximate surface area is 197 Å². The Balaban J connectivity index is 2.08. The van der Waals surface area contributed by atoms with Crippen LogP contribution in [-0.2, 0) is 4.79 Å². The molecule has 1 atom stereocenters. The van der Waals surface area contributed by atoms with Gasteiger partial charge < -0.3 is 15.2 Å². The Bertz CT molecular complexity index is 983. The number of hydrogen-bond donors (Lipinski definition) is 3. The van der Waals surface area contributed by atoms with Crippen LogP contribution >= 0.6 is 45.8 Å². The minimum Gasteiger partial charge on any atom is -0.504 e. The van der Waals surface area contributed by atoms with Crippen LogP contribution in [0.15, 0.2) is 35.4 Å². The van der Waals surface area contributed by atoms with E-state index in [0.717, 1.165) is 0 Å². The number of methoxy groups -OCH3 is 1. The third kappa shape index (κ3) is 6.23. The summed E-state index contributed by atoms with van der Waals surface area (Å²) in [7, 11) is 1.44. The molecule has 0 spiro atoms. The van der Waals surface area contributed by atoms with Crippen molar-refractivity contribution in [3.8, 4) is 11.5 Å². The maximum absolute atomic E-state index is 12.6. The third-order valence-corrected chi connectivity index (χ3v) is 5.64. The van der Waals surface area contributed by atoms with E-state index in [0.29, 0.717) is 19.9 Å². The fourth-order valence-electron chi connectivity index (χ4n) is 2.46. The first kappa shape index (κ1) is 24.2. The number of hydrogen-bond acceptors (Lipinski definition) is 5. The molecule has 0 aliphatic heterocycles. The molecule has 10 heteroatoms. The van der Waals surface area contributed by atoms with Gasteiger partial charge in [-0.2, -0.15) is 5.10 Å². The molecule has 2 aromatic rings. The van der Waals surface area contributed by atoms with Crippen molar-refractivity contribution in [2.75, 3.05) is 7.11 Å². The molecule has 2 amide bonds. The number of hydrazone groups is 1. The van der Waals surface area contributed by atoms with Crippen molar-refractivity contribution in [3.05, 3.63) is 55.1 Å². The molecule has 160 valence electrons. The molecule has 0 radical (unpaired) electrons. The number of rotatable bonds is 7. The lowest BCUT2D eigenvalue weighted by Crippen LogP contribution is -2.48. The van der Waals surface area contributed by atoms with Crippen LogP contribution in [0.5, 0.6) is 11.5 Å². The van der Waals surface area contributed by atoms with E-state index in [2.05, 4.69) is 15.8 Å². The molecule has 0 bridgehead atoms. The van der Waals surface area contributed by atoms with Crippen molar-refractivity contribution in [3.63, 3.8) is 0 Å². The Kier molecular flexibility index (Phi) is 8.75. The number of carbonyl (C=O) groups excluding carboxylic acids is 2. The molecule has 30 heavy (non-hydrogen) atoms. The van der Waals surface area contributed by atoms with Crippen LogP contribution in [0.25, 0.3) is 0 Å². The van der Waals surface area contributed by atoms with Crippen molar-refractivity contribution in [1.29, 1.82) is 0 Å². The predicted octanol–water partition coefficient (Wildman–Crippen LogP) is 4.22. The summed E-state index contributed by atoms with van der Waals surface area (Å²) in [5, 5.41) is 17.1. The summed E-state index contributed by atoms with van der Waals surface area (Å²) >= 11 is 13.8. The van der Waals surface area contributed by atoms with Crippen molar-refractivity contribution >= 4 is 63.8 Å². The number of phenols is 1. The molecule has 0 fully saturated rings. The number of aromatic hydroxyl groups is 1. The van der Waals surface area contributed by atoms with Gasteiger partial charge in [0, 0.05) is 5.56 Å². The standard InChI is InChI=1S/C20H20Cl2IN3O4/c1-10(2)17(25-19(28)12-4-5-13(21)14(22)8-12)20(29)26-24-9-11-6-15(23)18(27)16(7-11)30-3/h4-10,17,27H,1-3H3,(H,25,28)(H,26,29)/b24-9+. The van der Waals surface area contributed by atoms with Gasteiger partial charge in [-0.05, 0) is 64.4 Å². The summed E-state index contributed by atoms with van der Waals surface area (Å²) in [6.45, 7) is 3.60. The zero-order valence-electron chi connectivity index (χ0n) is 16.4. The monoisotopic (exact) mass is 563 g/mol. The molecule has 7 nitrogen and oxygen atoms in total. The molecule has 0 aliphatic rings. The minimum absolute atomic E-state index is 0.0316. The average molecular weight is 564 g/mol. The number of benzene rings is 2. The van der Waals surface area contributed by atoms with Gasteiger partial charge in [0.25, 0.3) is 11.8 Å². The van der Waals surface area contributed by atoms with E-state index >= 15 is 0 Å². The van der Waals surface area contributed by atoms with Crippen LogP contribution in [0.2, 0.25) is 10.0 Å². The highest BCUT2D eigenvalue weighted by Crippen LogP contribution is 2.31. The fourth-order valence-corrected chi connectivity index (χ4v) is 3.38. The quantitative estimate of drug-likeness (QED) is 0.267. The van der Waals surface area contributed by atoms with E-state index in [1.807, 2.05) is 22.6 Å². The fraction of sp³-hybridized carbons (Fsp3) is 0.250. The summed E-state index contributed by atoms with van der Waals surface area (Å²) in [4.78, 5) is 25.0. The van der Waals surface area contributed by atoms with Gasteiger partial charge in [0.05, 0.1) is 26.9 Å². The maximum Gasteiger partial charge on any atom is 0.262 e. The topological polar surface area (TPSA) is 100 Å². The van der Waals surface area contributed by atoms with Gasteiger partial charge in [-0.15, -0.1) is 0 Å². The number of phenolic OH excluding ortho intramolecular Hbond substituents is 1. The first-order valence-electron chi connectivity index (χ1n) is 8.79. The van der Waals surface area contributed by atoms with Crippen LogP contribution in [-0.4, -0.2) is 36.3 Å². The van der Waals surface area contributed by atoms with E-state index < -0.39 is 17.9 Å². The smallest absolute Gasteiger partial charge is 0.262 e. The van der Waals surface area contributed by atoms with Gasteiger partial charge in [0.15, 0.2) is 11.5 Å². The summed E-state index contributed by atoms with van der Waals surface area (Å²) in [5.41, 5.74) is 3.33. The molecule has 0 aliphatic carbocycles. The van der Waals surface area contributed by atoms with Gasteiger partial charge in [-0.1, -0.05) is 37.0 Å². The molecule has 1 unspecified atom stereocenters. The number of halogens is 3. The van der Waals surface area contributed by atoms with Crippen LogP contribution in [0, 0.1) is 9.49 Å². The van der Waals surface area contributed by atoms with E-state index in [4.69, 9.17) is 27.9 Å². The second-order valence-electron chi connectivity index (χ2n) is 6.61. The van der Waals surface area contributed by atoms with E-state index in [-0.39, 0.29) is 22.3 Å². The molecule has 0 aromatic heterocycles. The second-order valence-corrected chi connectivity index (χ2v) is 8.59. The number of carbonyl (C=O) groups is 2. The molecule has 0 heterocycles. The van der Waals surface area contributed by atoms with Gasteiger partial charge in [-0.3, -0.25) is 9.59 Å². The summed E-state index contributed by atoms with van der Waals surface area (Å²) in [6, 6.07) is 6.92. The van der Waals surface area contributed by atoms with Crippen LogP contribution in [0.3, 0.4) is 0 Å². The molecule has 3 N–H and O–H groups in total. The SMILES string of the molecule is COc1cc(/C=N/NC(=O)C(NC(=O)c2ccc(Cl)c(Cl)c2)C(C)C)cc(I)c1O. The van der Waals surface area contributed by atoms with Gasteiger partial charge in [0.1, 0.15) is 6.04 Å². The van der Waals surface area contributed by atoms with Gasteiger partial charge in [0.2, 0.25) is 0 Å². The van der Waals surface area contributed by atoms with Gasteiger partial charge >= 0.3 is 0 Å². The Morgan fingerprint density at radius 3 is 2.50 bits per heavy atom. The Hall–Kier alpha value is -2.04. The largest absolute Gasteiger partial charge is 0.504 e. The molecular formula is C20H20Cl2IN3O4. The minimum atomic E-state index is -0.821. The van der Waals surface area contributed by atoms with Crippen LogP contribution in [0.4, 0.5) is 0 Å². The molecular weight excluding hydrogens is 544 g/mol. The predicted molar refractivity (Wildman–Crippen MR) is 126 cm³/mol. The molecule has 0 saturated carbocycles. The highest BCUT2D eigenvalue weighted by molar-refractivity contribution is 14.1. The number of nitrogens with zero attached hydrogens (tertiary/aromatic N) is 1. The average Bonchev–Trinajstić information content (AvgIpc) is 2.70. The first-order chi connectivity index (χ1) is 14.1. The number of amides is 2. The van der Waals surface area contributed by atoms with E-state index in [1.165, 1.54) is 31.5 Å². The van der Waals surface area contributed by atoms with Gasteiger partial charge in [-0.25, -0.2) is 5.43 Å². The van der Waals surface area contributed by atoms with Crippen LogP contribution in [0.1, 0.15) is 29.8 Å².